The summed E-state index contributed by atoms with van der Waals surface area (Å²) < 4.78 is 13.5. The van der Waals surface area contributed by atoms with Crippen LogP contribution in [0.15, 0.2) is 36.4 Å². The van der Waals surface area contributed by atoms with Gasteiger partial charge in [-0.25, -0.2) is 4.39 Å². The molecule has 0 radical (unpaired) electrons. The van der Waals surface area contributed by atoms with Crippen molar-refractivity contribution in [3.8, 4) is 5.75 Å². The number of amides is 1. The molecule has 0 atom stereocenters. The van der Waals surface area contributed by atoms with Crippen molar-refractivity contribution >= 4 is 28.9 Å². The van der Waals surface area contributed by atoms with Gasteiger partial charge in [0, 0.05) is 11.6 Å². The van der Waals surface area contributed by atoms with Gasteiger partial charge in [-0.2, -0.15) is 0 Å². The number of benzene rings is 2. The maximum Gasteiger partial charge on any atom is 0.310 e. The predicted octanol–water partition coefficient (Wildman–Crippen LogP) is 3.35. The fourth-order valence-electron chi connectivity index (χ4n) is 1.62. The molecule has 2 aromatic carbocycles. The van der Waals surface area contributed by atoms with Crippen LogP contribution in [0, 0.1) is 15.9 Å². The van der Waals surface area contributed by atoms with Crippen LogP contribution in [0.3, 0.4) is 0 Å². The van der Waals surface area contributed by atoms with Gasteiger partial charge in [-0.3, -0.25) is 14.9 Å². The number of anilines is 1. The lowest BCUT2D eigenvalue weighted by atomic mass is 10.1. The summed E-state index contributed by atoms with van der Waals surface area (Å²) in [7, 11) is 0. The van der Waals surface area contributed by atoms with Gasteiger partial charge in [0.1, 0.15) is 5.82 Å². The van der Waals surface area contributed by atoms with E-state index >= 15 is 0 Å². The molecule has 0 bridgehead atoms. The fraction of sp³-hybridized carbons (Fsp3) is 0. The standard InChI is InChI=1S/C13H8ClFN2O4/c14-8-2-1-3-9(15)12(8)16-13(19)7-4-5-10(17(20)21)11(18)6-7/h1-6,18H,(H,16,19). The van der Waals surface area contributed by atoms with Gasteiger partial charge < -0.3 is 10.4 Å². The zero-order chi connectivity index (χ0) is 15.6. The number of phenols is 1. The van der Waals surface area contributed by atoms with E-state index in [1.165, 1.54) is 12.1 Å². The van der Waals surface area contributed by atoms with E-state index in [0.717, 1.165) is 24.3 Å². The van der Waals surface area contributed by atoms with Crippen LogP contribution in [-0.4, -0.2) is 15.9 Å². The summed E-state index contributed by atoms with van der Waals surface area (Å²) in [4.78, 5) is 21.7. The van der Waals surface area contributed by atoms with Gasteiger partial charge in [0.05, 0.1) is 15.6 Å². The molecular weight excluding hydrogens is 303 g/mol. The number of para-hydroxylation sites is 1. The SMILES string of the molecule is O=C(Nc1c(F)cccc1Cl)c1ccc([N+](=O)[O-])c(O)c1. The number of carbonyl (C=O) groups is 1. The number of hydrogen-bond donors (Lipinski definition) is 2. The molecule has 0 aliphatic carbocycles. The monoisotopic (exact) mass is 310 g/mol. The molecule has 0 aromatic heterocycles. The summed E-state index contributed by atoms with van der Waals surface area (Å²) in [6.45, 7) is 0. The van der Waals surface area contributed by atoms with Crippen LogP contribution in [0.5, 0.6) is 5.75 Å². The molecule has 0 aliphatic rings. The van der Waals surface area contributed by atoms with E-state index in [4.69, 9.17) is 11.6 Å². The van der Waals surface area contributed by atoms with Crippen molar-refractivity contribution in [3.05, 3.63) is 62.9 Å². The largest absolute Gasteiger partial charge is 0.502 e. The third-order valence-electron chi connectivity index (χ3n) is 2.64. The highest BCUT2D eigenvalue weighted by molar-refractivity contribution is 6.34. The minimum Gasteiger partial charge on any atom is -0.502 e. The minimum absolute atomic E-state index is 0.00878. The van der Waals surface area contributed by atoms with Crippen LogP contribution in [0.25, 0.3) is 0 Å². The molecule has 2 rings (SSSR count). The van der Waals surface area contributed by atoms with Crippen molar-refractivity contribution < 1.29 is 19.2 Å². The van der Waals surface area contributed by atoms with Crippen molar-refractivity contribution in [3.63, 3.8) is 0 Å². The number of halogens is 2. The molecule has 0 aliphatic heterocycles. The Hall–Kier alpha value is -2.67. The number of nitro benzene ring substituents is 1. The molecule has 0 heterocycles. The molecule has 0 fully saturated rings. The molecule has 0 spiro atoms. The summed E-state index contributed by atoms with van der Waals surface area (Å²) in [5.41, 5.74) is -0.810. The van der Waals surface area contributed by atoms with Crippen molar-refractivity contribution in [1.29, 1.82) is 0 Å². The topological polar surface area (TPSA) is 92.5 Å². The maximum atomic E-state index is 13.5. The van der Waals surface area contributed by atoms with Crippen molar-refractivity contribution in [2.24, 2.45) is 0 Å². The van der Waals surface area contributed by atoms with Crippen molar-refractivity contribution in [2.75, 3.05) is 5.32 Å². The number of rotatable bonds is 3. The molecule has 21 heavy (non-hydrogen) atoms. The zero-order valence-corrected chi connectivity index (χ0v) is 11.1. The van der Waals surface area contributed by atoms with E-state index in [0.29, 0.717) is 0 Å². The van der Waals surface area contributed by atoms with Gasteiger partial charge in [-0.1, -0.05) is 17.7 Å². The Bertz CT molecular complexity index is 716. The molecule has 2 aromatic rings. The van der Waals surface area contributed by atoms with Crippen molar-refractivity contribution in [2.45, 2.75) is 0 Å². The summed E-state index contributed by atoms with van der Waals surface area (Å²) in [6, 6.07) is 6.94. The summed E-state index contributed by atoms with van der Waals surface area (Å²) >= 11 is 5.77. The smallest absolute Gasteiger partial charge is 0.310 e. The number of nitrogens with one attached hydrogen (secondary N) is 1. The van der Waals surface area contributed by atoms with E-state index in [2.05, 4.69) is 5.32 Å². The lowest BCUT2D eigenvalue weighted by Crippen LogP contribution is -2.13. The molecule has 0 saturated carbocycles. The van der Waals surface area contributed by atoms with Crippen LogP contribution in [0.2, 0.25) is 5.02 Å². The van der Waals surface area contributed by atoms with E-state index < -0.39 is 28.1 Å². The van der Waals surface area contributed by atoms with Crippen molar-refractivity contribution in [1.82, 2.24) is 0 Å². The molecule has 6 nitrogen and oxygen atoms in total. The number of nitrogens with zero attached hydrogens (tertiary/aromatic N) is 1. The van der Waals surface area contributed by atoms with Crippen LogP contribution in [0.4, 0.5) is 15.8 Å². The first-order valence-corrected chi connectivity index (χ1v) is 6.00. The van der Waals surface area contributed by atoms with Gasteiger partial charge in [0.15, 0.2) is 5.75 Å². The van der Waals surface area contributed by atoms with Crippen LogP contribution in [-0.2, 0) is 0 Å². The van der Waals surface area contributed by atoms with E-state index in [9.17, 15) is 24.4 Å². The third-order valence-corrected chi connectivity index (χ3v) is 2.95. The number of aromatic hydroxyl groups is 1. The lowest BCUT2D eigenvalue weighted by molar-refractivity contribution is -0.385. The number of carbonyl (C=O) groups excluding carboxylic acids is 1. The third kappa shape index (κ3) is 3.09. The summed E-state index contributed by atoms with van der Waals surface area (Å²) in [6.07, 6.45) is 0. The zero-order valence-electron chi connectivity index (χ0n) is 10.3. The molecular formula is C13H8ClFN2O4. The first-order valence-electron chi connectivity index (χ1n) is 5.63. The van der Waals surface area contributed by atoms with E-state index in [1.807, 2.05) is 0 Å². The Morgan fingerprint density at radius 2 is 2.05 bits per heavy atom. The Balaban J connectivity index is 2.29. The quantitative estimate of drug-likeness (QED) is 0.671. The summed E-state index contributed by atoms with van der Waals surface area (Å²) in [5, 5.41) is 22.3. The van der Waals surface area contributed by atoms with Gasteiger partial charge in [0.25, 0.3) is 5.91 Å². The predicted molar refractivity (Wildman–Crippen MR) is 74.1 cm³/mol. The molecule has 0 saturated heterocycles. The Morgan fingerprint density at radius 1 is 1.33 bits per heavy atom. The first-order chi connectivity index (χ1) is 9.90. The molecule has 1 amide bonds. The second-order valence-electron chi connectivity index (χ2n) is 4.01. The maximum absolute atomic E-state index is 13.5. The molecule has 8 heteroatoms. The van der Waals surface area contributed by atoms with Crippen LogP contribution < -0.4 is 5.32 Å². The normalized spacial score (nSPS) is 10.2. The average Bonchev–Trinajstić information content (AvgIpc) is 2.42. The second-order valence-corrected chi connectivity index (χ2v) is 4.42. The molecule has 108 valence electrons. The average molecular weight is 311 g/mol. The van der Waals surface area contributed by atoms with E-state index in [1.54, 1.807) is 0 Å². The van der Waals surface area contributed by atoms with Gasteiger partial charge in [-0.15, -0.1) is 0 Å². The number of hydrogen-bond acceptors (Lipinski definition) is 4. The molecule has 0 unspecified atom stereocenters. The second kappa shape index (κ2) is 5.76. The minimum atomic E-state index is -0.787. The van der Waals surface area contributed by atoms with Crippen LogP contribution >= 0.6 is 11.6 Å². The highest BCUT2D eigenvalue weighted by Gasteiger charge is 2.17. The first kappa shape index (κ1) is 14.7. The van der Waals surface area contributed by atoms with E-state index in [-0.39, 0.29) is 16.3 Å². The fourth-order valence-corrected chi connectivity index (χ4v) is 1.83. The highest BCUT2D eigenvalue weighted by Crippen LogP contribution is 2.28. The van der Waals surface area contributed by atoms with Gasteiger partial charge in [0.2, 0.25) is 0 Å². The van der Waals surface area contributed by atoms with Gasteiger partial charge >= 0.3 is 5.69 Å². The highest BCUT2D eigenvalue weighted by atomic mass is 35.5. The Kier molecular flexibility index (Phi) is 4.04. The Morgan fingerprint density at radius 3 is 2.62 bits per heavy atom. The van der Waals surface area contributed by atoms with Gasteiger partial charge in [-0.05, 0) is 24.3 Å². The molecule has 2 N–H and O–H groups in total. The number of phenolic OH excluding ortho intramolecular Hbond substituents is 1. The van der Waals surface area contributed by atoms with Crippen LogP contribution in [0.1, 0.15) is 10.4 Å². The Labute approximate surface area is 122 Å². The summed E-state index contributed by atoms with van der Waals surface area (Å²) in [5.74, 6) is -2.14. The lowest BCUT2D eigenvalue weighted by Gasteiger charge is -2.08. The number of nitro groups is 1.